The molecule has 0 saturated heterocycles. The highest BCUT2D eigenvalue weighted by Gasteiger charge is 2.20. The summed E-state index contributed by atoms with van der Waals surface area (Å²) in [6, 6.07) is 0. The zero-order valence-corrected chi connectivity index (χ0v) is 16.1. The van der Waals surface area contributed by atoms with Crippen molar-refractivity contribution in [2.75, 3.05) is 7.11 Å². The van der Waals surface area contributed by atoms with Gasteiger partial charge >= 0.3 is 5.97 Å². The molecule has 0 unspecified atom stereocenters. The van der Waals surface area contributed by atoms with Gasteiger partial charge in [-0.3, -0.25) is 0 Å². The number of rotatable bonds is 7. The van der Waals surface area contributed by atoms with E-state index in [0.717, 1.165) is 17.8 Å². The molecule has 0 aromatic rings. The first kappa shape index (κ1) is 22.0. The maximum atomic E-state index is 10.2. The van der Waals surface area contributed by atoms with Crippen molar-refractivity contribution < 1.29 is 9.53 Å². The van der Waals surface area contributed by atoms with E-state index in [1.54, 1.807) is 22.8 Å². The molecule has 0 rings (SSSR count). The Morgan fingerprint density at radius 2 is 1.25 bits per heavy atom. The lowest BCUT2D eigenvalue weighted by Gasteiger charge is -2.17. The molecular weight excluding hydrogens is 263 g/mol. The number of esters is 1. The lowest BCUT2D eigenvalue weighted by molar-refractivity contribution is -0.136. The van der Waals surface area contributed by atoms with Crippen LogP contribution in [0, 0.1) is 17.8 Å². The maximum absolute atomic E-state index is 10.2. The van der Waals surface area contributed by atoms with E-state index in [-0.39, 0.29) is 5.97 Å². The molecule has 0 aliphatic heterocycles. The quantitative estimate of drug-likeness (QED) is 0.367. The highest BCUT2D eigenvalue weighted by Crippen LogP contribution is 2.20. The minimum atomic E-state index is -0.407. The van der Waals surface area contributed by atoms with Gasteiger partial charge in [0.2, 0.25) is 0 Å². The number of methoxy groups -OCH3 is 1. The molecule has 0 atom stereocenters. The Bertz CT molecular complexity index is 246. The molecule has 118 valence electrons. The number of hydrogen-bond acceptors (Lipinski definition) is 2. The number of carbonyl (C=O) groups is 1. The highest BCUT2D eigenvalue weighted by atomic mass is 27.2. The molecule has 0 radical (unpaired) electrons. The second kappa shape index (κ2) is 12.5. The number of carbonyl (C=O) groups excluding carboxylic acids is 1. The Kier molecular flexibility index (Phi) is 13.7. The molecule has 0 aromatic heterocycles. The Balaban J connectivity index is 0. The summed E-state index contributed by atoms with van der Waals surface area (Å²) in [5.74, 6) is 2.43. The largest absolute Gasteiger partial charge is 0.466 e. The summed E-state index contributed by atoms with van der Waals surface area (Å²) in [5, 5.41) is 4.66. The summed E-state index contributed by atoms with van der Waals surface area (Å²) in [6.45, 7) is 19.2. The normalized spacial score (nSPS) is 10.3. The third-order valence-corrected chi connectivity index (χ3v) is 7.78. The van der Waals surface area contributed by atoms with Crippen molar-refractivity contribution in [3.05, 3.63) is 12.2 Å². The summed E-state index contributed by atoms with van der Waals surface area (Å²) in [5.41, 5.74) is 0.433. The van der Waals surface area contributed by atoms with E-state index >= 15 is 0 Å². The lowest BCUT2D eigenvalue weighted by Crippen LogP contribution is -2.19. The van der Waals surface area contributed by atoms with Gasteiger partial charge in [0.25, 0.3) is 14.1 Å². The first-order chi connectivity index (χ1) is 9.09. The lowest BCUT2D eigenvalue weighted by atomic mass is 10.2. The van der Waals surface area contributed by atoms with E-state index < -0.39 is 14.1 Å². The Morgan fingerprint density at radius 1 is 0.950 bits per heavy atom. The molecule has 0 fully saturated rings. The molecule has 3 heteroatoms. The van der Waals surface area contributed by atoms with E-state index in [1.807, 2.05) is 0 Å². The summed E-state index contributed by atoms with van der Waals surface area (Å²) in [7, 11) is 1.33. The minimum Gasteiger partial charge on any atom is -0.466 e. The van der Waals surface area contributed by atoms with Crippen LogP contribution in [0.4, 0.5) is 0 Å². The van der Waals surface area contributed by atoms with E-state index in [0.29, 0.717) is 5.57 Å². The molecule has 0 heterocycles. The molecule has 0 aromatic carbocycles. The van der Waals surface area contributed by atoms with Crippen LogP contribution in [0.2, 0.25) is 15.8 Å². The zero-order valence-electron chi connectivity index (χ0n) is 15.0. The standard InChI is InChI=1S/C5H8O2.3C4H9.Al/c1-4(2)5(6)7-3;3*1-4(2)3;/h1H2,2-3H3;3*4H,1H2,2-3H3;. The van der Waals surface area contributed by atoms with Crippen molar-refractivity contribution in [3.8, 4) is 0 Å². The minimum absolute atomic E-state index is 0.347. The first-order valence-corrected chi connectivity index (χ1v) is 10.3. The Morgan fingerprint density at radius 3 is 1.35 bits per heavy atom. The monoisotopic (exact) mass is 298 g/mol. The maximum Gasteiger partial charge on any atom is 0.332 e. The van der Waals surface area contributed by atoms with Crippen LogP contribution in [0.25, 0.3) is 0 Å². The summed E-state index contributed by atoms with van der Waals surface area (Å²) >= 11 is -0.407. The Hall–Kier alpha value is -0.258. The molecule has 20 heavy (non-hydrogen) atoms. The van der Waals surface area contributed by atoms with Gasteiger partial charge < -0.3 is 4.74 Å². The fraction of sp³-hybridized carbons (Fsp3) is 0.824. The predicted octanol–water partition coefficient (Wildman–Crippen LogP) is 5.18. The van der Waals surface area contributed by atoms with Crippen LogP contribution in [0.5, 0.6) is 0 Å². The fourth-order valence-electron chi connectivity index (χ4n) is 2.46. The zero-order chi connectivity index (χ0) is 16.3. The molecule has 0 spiro atoms. The molecule has 2 nitrogen and oxygen atoms in total. The van der Waals surface area contributed by atoms with Crippen LogP contribution in [-0.4, -0.2) is 27.2 Å². The SMILES string of the molecule is C=C(C)C(=O)OC.CC(C)[CH2][Al]([CH2]C(C)C)[CH2]C(C)C. The molecule has 0 N–H and O–H groups in total. The van der Waals surface area contributed by atoms with Gasteiger partial charge in [-0.2, -0.15) is 0 Å². The smallest absolute Gasteiger partial charge is 0.332 e. The third-order valence-electron chi connectivity index (χ3n) is 2.95. The van der Waals surface area contributed by atoms with Crippen LogP contribution in [0.15, 0.2) is 12.2 Å². The first-order valence-electron chi connectivity index (χ1n) is 7.83. The molecule has 0 aliphatic rings. The van der Waals surface area contributed by atoms with E-state index in [1.165, 1.54) is 7.11 Å². The van der Waals surface area contributed by atoms with Crippen molar-refractivity contribution in [1.82, 2.24) is 0 Å². The molecule has 0 saturated carbocycles. The molecule has 0 aliphatic carbocycles. The number of ether oxygens (including phenoxy) is 1. The molecule has 0 bridgehead atoms. The van der Waals surface area contributed by atoms with Gasteiger partial charge in [0.05, 0.1) is 7.11 Å². The average molecular weight is 298 g/mol. The van der Waals surface area contributed by atoms with Gasteiger partial charge in [-0.15, -0.1) is 0 Å². The highest BCUT2D eigenvalue weighted by molar-refractivity contribution is 6.58. The van der Waals surface area contributed by atoms with Crippen molar-refractivity contribution in [2.24, 2.45) is 17.8 Å². The second-order valence-corrected chi connectivity index (χ2v) is 10.2. The van der Waals surface area contributed by atoms with Crippen LogP contribution >= 0.6 is 0 Å². The summed E-state index contributed by atoms with van der Waals surface area (Å²) < 4.78 is 4.27. The van der Waals surface area contributed by atoms with Gasteiger partial charge in [-0.1, -0.05) is 81.7 Å². The van der Waals surface area contributed by atoms with Gasteiger partial charge in [-0.05, 0) is 6.92 Å². The van der Waals surface area contributed by atoms with Crippen molar-refractivity contribution in [2.45, 2.75) is 64.3 Å². The average Bonchev–Trinajstić information content (AvgIpc) is 2.25. The Labute approximate surface area is 131 Å². The predicted molar refractivity (Wildman–Crippen MR) is 91.5 cm³/mol. The fourth-order valence-corrected chi connectivity index (χ4v) is 7.04. The number of hydrogen-bond donors (Lipinski definition) is 0. The van der Waals surface area contributed by atoms with Crippen LogP contribution < -0.4 is 0 Å². The van der Waals surface area contributed by atoms with Crippen molar-refractivity contribution >= 4 is 20.1 Å². The van der Waals surface area contributed by atoms with E-state index in [4.69, 9.17) is 0 Å². The van der Waals surface area contributed by atoms with Crippen LogP contribution in [-0.2, 0) is 9.53 Å². The van der Waals surface area contributed by atoms with Gasteiger partial charge in [0.15, 0.2) is 0 Å². The van der Waals surface area contributed by atoms with Gasteiger partial charge in [-0.25, -0.2) is 4.79 Å². The topological polar surface area (TPSA) is 26.3 Å². The van der Waals surface area contributed by atoms with E-state index in [2.05, 4.69) is 52.9 Å². The summed E-state index contributed by atoms with van der Waals surface area (Å²) in [6.07, 6.45) is 0. The summed E-state index contributed by atoms with van der Waals surface area (Å²) in [4.78, 5) is 10.2. The van der Waals surface area contributed by atoms with Gasteiger partial charge in [0.1, 0.15) is 0 Å². The van der Waals surface area contributed by atoms with Gasteiger partial charge in [0, 0.05) is 5.57 Å². The third kappa shape index (κ3) is 15.8. The molecule has 0 amide bonds. The van der Waals surface area contributed by atoms with E-state index in [9.17, 15) is 4.79 Å². The van der Waals surface area contributed by atoms with Crippen molar-refractivity contribution in [3.63, 3.8) is 0 Å². The van der Waals surface area contributed by atoms with Crippen LogP contribution in [0.1, 0.15) is 48.5 Å². The van der Waals surface area contributed by atoms with Crippen molar-refractivity contribution in [1.29, 1.82) is 0 Å². The van der Waals surface area contributed by atoms with Crippen LogP contribution in [0.3, 0.4) is 0 Å². The second-order valence-electron chi connectivity index (χ2n) is 7.03. The molecular formula is C17H35AlO2.